The summed E-state index contributed by atoms with van der Waals surface area (Å²) < 4.78 is 11.7. The lowest BCUT2D eigenvalue weighted by molar-refractivity contribution is -0.136. The van der Waals surface area contributed by atoms with Gasteiger partial charge in [-0.25, -0.2) is 4.79 Å². The Labute approximate surface area is 159 Å². The van der Waals surface area contributed by atoms with Crippen LogP contribution in [0.4, 0.5) is 0 Å². The molecule has 0 spiro atoms. The molecule has 1 aliphatic rings. The first kappa shape index (κ1) is 18.7. The van der Waals surface area contributed by atoms with Gasteiger partial charge in [0.2, 0.25) is 0 Å². The Balaban J connectivity index is 1.82. The number of aryl methyl sites for hydroxylation is 2. The van der Waals surface area contributed by atoms with Crippen LogP contribution in [0.15, 0.2) is 47.1 Å². The third-order valence-electron chi connectivity index (χ3n) is 4.13. The van der Waals surface area contributed by atoms with E-state index in [0.29, 0.717) is 36.0 Å². The second-order valence-corrected chi connectivity index (χ2v) is 6.54. The first-order valence-electron chi connectivity index (χ1n) is 8.91. The molecule has 2 aromatic rings. The van der Waals surface area contributed by atoms with Gasteiger partial charge in [0, 0.05) is 0 Å². The van der Waals surface area contributed by atoms with Crippen molar-refractivity contribution in [1.29, 1.82) is 0 Å². The lowest BCUT2D eigenvalue weighted by Crippen LogP contribution is -2.03. The second kappa shape index (κ2) is 8.08. The third-order valence-corrected chi connectivity index (χ3v) is 4.13. The van der Waals surface area contributed by atoms with Gasteiger partial charge in [0.15, 0.2) is 11.5 Å². The summed E-state index contributed by atoms with van der Waals surface area (Å²) in [4.78, 5) is 16.4. The summed E-state index contributed by atoms with van der Waals surface area (Å²) >= 11 is 0. The highest BCUT2D eigenvalue weighted by molar-refractivity contribution is 6.24. The fourth-order valence-electron chi connectivity index (χ4n) is 3.00. The molecule has 0 aliphatic carbocycles. The summed E-state index contributed by atoms with van der Waals surface area (Å²) in [5.41, 5.74) is 5.36. The van der Waals surface area contributed by atoms with E-state index in [-0.39, 0.29) is 0 Å². The van der Waals surface area contributed by atoms with Gasteiger partial charge in [0.25, 0.3) is 0 Å². The maximum atomic E-state index is 11.7. The van der Waals surface area contributed by atoms with E-state index in [9.17, 15) is 4.79 Å². The molecule has 0 atom stereocenters. The monoisotopic (exact) mass is 365 g/mol. The van der Waals surface area contributed by atoms with Crippen molar-refractivity contribution in [2.24, 2.45) is 5.16 Å². The Hall–Kier alpha value is -3.08. The molecule has 5 heteroatoms. The van der Waals surface area contributed by atoms with Crippen LogP contribution in [0.1, 0.15) is 36.1 Å². The lowest BCUT2D eigenvalue weighted by atomic mass is 10.1. The minimum atomic E-state index is -0.444. The Morgan fingerprint density at radius 2 is 1.74 bits per heavy atom. The summed E-state index contributed by atoms with van der Waals surface area (Å²) in [5, 5.41) is 3.69. The van der Waals surface area contributed by atoms with E-state index in [4.69, 9.17) is 9.47 Å². The number of benzene rings is 2. The summed E-state index contributed by atoms with van der Waals surface area (Å²) in [7, 11) is 0. The number of hydrogen-bond donors (Lipinski definition) is 0. The Bertz CT molecular complexity index is 908. The number of nitrogens with zero attached hydrogens (tertiary/aromatic N) is 1. The molecule has 1 aliphatic heterocycles. The van der Waals surface area contributed by atoms with Crippen molar-refractivity contribution in [3.05, 3.63) is 64.2 Å². The van der Waals surface area contributed by atoms with Crippen LogP contribution in [-0.4, -0.2) is 18.3 Å². The molecule has 5 nitrogen and oxygen atoms in total. The van der Waals surface area contributed by atoms with Crippen LogP contribution >= 0.6 is 0 Å². The molecule has 3 rings (SSSR count). The number of carbonyl (C=O) groups is 1. The average Bonchev–Trinajstić information content (AvgIpc) is 2.92. The largest absolute Gasteiger partial charge is 0.490 e. The molecule has 0 amide bonds. The Kier molecular flexibility index (Phi) is 5.60. The zero-order valence-electron chi connectivity index (χ0n) is 16.0. The van der Waals surface area contributed by atoms with E-state index < -0.39 is 5.97 Å². The molecular weight excluding hydrogens is 342 g/mol. The van der Waals surface area contributed by atoms with Crippen LogP contribution in [0.3, 0.4) is 0 Å². The van der Waals surface area contributed by atoms with Gasteiger partial charge in [-0.3, -0.25) is 0 Å². The number of oxime groups is 1. The molecule has 2 aromatic carbocycles. The predicted molar refractivity (Wildman–Crippen MR) is 105 cm³/mol. The number of rotatable bonds is 6. The molecule has 0 saturated heterocycles. The minimum absolute atomic E-state index is 0.444. The normalized spacial score (nSPS) is 14.9. The molecule has 0 fully saturated rings. The van der Waals surface area contributed by atoms with E-state index in [1.54, 1.807) is 13.0 Å². The molecule has 27 heavy (non-hydrogen) atoms. The molecule has 0 N–H and O–H groups in total. The van der Waals surface area contributed by atoms with Crippen molar-refractivity contribution in [2.75, 3.05) is 6.61 Å². The second-order valence-electron chi connectivity index (χ2n) is 6.54. The van der Waals surface area contributed by atoms with Gasteiger partial charge in [-0.2, -0.15) is 0 Å². The molecule has 0 saturated carbocycles. The summed E-state index contributed by atoms with van der Waals surface area (Å²) in [5.74, 6) is 0.857. The average molecular weight is 365 g/mol. The SMILES string of the molecule is CCOc1cc(/C=C2/C(=O)ON=C2C)ccc1OCc1cc(C)cc(C)c1. The summed E-state index contributed by atoms with van der Waals surface area (Å²) in [6.07, 6.45) is 1.74. The van der Waals surface area contributed by atoms with Crippen molar-refractivity contribution in [1.82, 2.24) is 0 Å². The van der Waals surface area contributed by atoms with Crippen molar-refractivity contribution in [3.8, 4) is 11.5 Å². The van der Waals surface area contributed by atoms with Crippen molar-refractivity contribution >= 4 is 17.8 Å². The van der Waals surface area contributed by atoms with Crippen LogP contribution in [0.2, 0.25) is 0 Å². The van der Waals surface area contributed by atoms with Crippen LogP contribution in [0.5, 0.6) is 11.5 Å². The summed E-state index contributed by atoms with van der Waals surface area (Å²) in [6, 6.07) is 11.9. The quantitative estimate of drug-likeness (QED) is 0.555. The molecule has 0 unspecified atom stereocenters. The fourth-order valence-corrected chi connectivity index (χ4v) is 3.00. The predicted octanol–water partition coefficient (Wildman–Crippen LogP) is 4.60. The number of carbonyl (C=O) groups excluding carboxylic acids is 1. The zero-order chi connectivity index (χ0) is 19.4. The van der Waals surface area contributed by atoms with Gasteiger partial charge in [0.05, 0.1) is 17.9 Å². The van der Waals surface area contributed by atoms with Gasteiger partial charge < -0.3 is 14.3 Å². The van der Waals surface area contributed by atoms with E-state index in [1.165, 1.54) is 11.1 Å². The lowest BCUT2D eigenvalue weighted by Gasteiger charge is -2.13. The van der Waals surface area contributed by atoms with Crippen LogP contribution in [0, 0.1) is 13.8 Å². The van der Waals surface area contributed by atoms with Gasteiger partial charge in [0.1, 0.15) is 6.61 Å². The first-order chi connectivity index (χ1) is 13.0. The maximum absolute atomic E-state index is 11.7. The molecule has 0 aromatic heterocycles. The Morgan fingerprint density at radius 1 is 1.00 bits per heavy atom. The maximum Gasteiger partial charge on any atom is 0.367 e. The minimum Gasteiger partial charge on any atom is -0.490 e. The molecule has 0 bridgehead atoms. The highest BCUT2D eigenvalue weighted by Gasteiger charge is 2.22. The number of hydrogen-bond acceptors (Lipinski definition) is 5. The molecule has 1 heterocycles. The molecule has 140 valence electrons. The van der Waals surface area contributed by atoms with E-state index in [1.807, 2.05) is 25.1 Å². The third kappa shape index (κ3) is 4.56. The van der Waals surface area contributed by atoms with E-state index >= 15 is 0 Å². The van der Waals surface area contributed by atoms with Crippen LogP contribution < -0.4 is 9.47 Å². The topological polar surface area (TPSA) is 57.1 Å². The van der Waals surface area contributed by atoms with Gasteiger partial charge in [-0.15, -0.1) is 0 Å². The highest BCUT2D eigenvalue weighted by Crippen LogP contribution is 2.31. The van der Waals surface area contributed by atoms with E-state index in [0.717, 1.165) is 11.1 Å². The van der Waals surface area contributed by atoms with Crippen molar-refractivity contribution in [3.63, 3.8) is 0 Å². The van der Waals surface area contributed by atoms with Crippen molar-refractivity contribution < 1.29 is 19.1 Å². The van der Waals surface area contributed by atoms with Gasteiger partial charge >= 0.3 is 5.97 Å². The molecular formula is C22H23NO4. The standard InChI is InChI=1S/C22H23NO4/c1-5-25-21-12-17(11-19-16(4)23-27-22(19)24)6-7-20(21)26-13-18-9-14(2)8-15(3)10-18/h6-12H,5,13H2,1-4H3/b19-11+. The zero-order valence-corrected chi connectivity index (χ0v) is 16.0. The van der Waals surface area contributed by atoms with Crippen LogP contribution in [0.25, 0.3) is 6.08 Å². The van der Waals surface area contributed by atoms with Gasteiger partial charge in [-0.1, -0.05) is 40.5 Å². The van der Waals surface area contributed by atoms with Gasteiger partial charge in [-0.05, 0) is 57.0 Å². The first-order valence-corrected chi connectivity index (χ1v) is 8.91. The number of ether oxygens (including phenoxy) is 2. The Morgan fingerprint density at radius 3 is 2.37 bits per heavy atom. The van der Waals surface area contributed by atoms with Crippen molar-refractivity contribution in [2.45, 2.75) is 34.3 Å². The molecule has 0 radical (unpaired) electrons. The highest BCUT2D eigenvalue weighted by atomic mass is 16.7. The van der Waals surface area contributed by atoms with Crippen LogP contribution in [-0.2, 0) is 16.2 Å². The fraction of sp³-hybridized carbons (Fsp3) is 0.273. The van der Waals surface area contributed by atoms with E-state index in [2.05, 4.69) is 42.0 Å². The smallest absolute Gasteiger partial charge is 0.367 e. The summed E-state index contributed by atoms with van der Waals surface area (Å²) in [6.45, 7) is 8.78.